The maximum atomic E-state index is 12.3. The third-order valence-corrected chi connectivity index (χ3v) is 3.14. The Balaban J connectivity index is 1.99. The van der Waals surface area contributed by atoms with Crippen LogP contribution in [0.1, 0.15) is 31.7 Å². The number of aromatic nitrogens is 1. The molecule has 1 N–H and O–H groups in total. The third kappa shape index (κ3) is 3.11. The quantitative estimate of drug-likeness (QED) is 0.858. The van der Waals surface area contributed by atoms with Crippen LogP contribution < -0.4 is 5.32 Å². The van der Waals surface area contributed by atoms with Gasteiger partial charge in [-0.2, -0.15) is 13.2 Å². The average molecular weight is 244 g/mol. The van der Waals surface area contributed by atoms with Crippen LogP contribution >= 0.6 is 0 Å². The molecule has 1 saturated carbocycles. The smallest absolute Gasteiger partial charge is 0.367 e. The molecule has 1 aromatic heterocycles. The molecule has 2 unspecified atom stereocenters. The molecule has 1 aromatic rings. The summed E-state index contributed by atoms with van der Waals surface area (Å²) in [4.78, 5) is 3.80. The van der Waals surface area contributed by atoms with Gasteiger partial charge in [0.2, 0.25) is 0 Å². The fourth-order valence-corrected chi connectivity index (χ4v) is 2.19. The Kier molecular flexibility index (Phi) is 3.26. The molecule has 2 nitrogen and oxygen atoms in total. The fourth-order valence-electron chi connectivity index (χ4n) is 2.19. The van der Waals surface area contributed by atoms with Crippen LogP contribution in [0.15, 0.2) is 18.3 Å². The summed E-state index contributed by atoms with van der Waals surface area (Å²) in [6, 6.07) is 2.80. The lowest BCUT2D eigenvalue weighted by molar-refractivity contribution is -0.137. The number of nitrogens with one attached hydrogen (secondary N) is 1. The van der Waals surface area contributed by atoms with Crippen molar-refractivity contribution < 1.29 is 13.2 Å². The molecule has 0 radical (unpaired) electrons. The Bertz CT molecular complexity index is 372. The second-order valence-electron chi connectivity index (χ2n) is 4.69. The summed E-state index contributed by atoms with van der Waals surface area (Å²) in [5, 5.41) is 3.17. The highest BCUT2D eigenvalue weighted by Gasteiger charge is 2.30. The van der Waals surface area contributed by atoms with Crippen LogP contribution in [0.5, 0.6) is 0 Å². The van der Waals surface area contributed by atoms with Crippen LogP contribution in [0, 0.1) is 5.92 Å². The fraction of sp³-hybridized carbons (Fsp3) is 0.583. The van der Waals surface area contributed by atoms with Gasteiger partial charge in [-0.1, -0.05) is 6.92 Å². The summed E-state index contributed by atoms with van der Waals surface area (Å²) in [6.45, 7) is 2.18. The maximum Gasteiger partial charge on any atom is 0.417 e. The summed E-state index contributed by atoms with van der Waals surface area (Å²) in [6.07, 6.45) is -0.154. The summed E-state index contributed by atoms with van der Waals surface area (Å²) < 4.78 is 36.9. The molecule has 0 saturated heterocycles. The first-order valence-electron chi connectivity index (χ1n) is 5.75. The lowest BCUT2D eigenvalue weighted by atomic mass is 10.1. The number of nitrogens with zero attached hydrogens (tertiary/aromatic N) is 1. The van der Waals surface area contributed by atoms with E-state index in [1.165, 1.54) is 6.07 Å². The monoisotopic (exact) mass is 244 g/mol. The van der Waals surface area contributed by atoms with E-state index < -0.39 is 11.7 Å². The molecule has 94 valence electrons. The Labute approximate surface area is 98.2 Å². The molecule has 1 aliphatic carbocycles. The number of hydrogen-bond donors (Lipinski definition) is 1. The van der Waals surface area contributed by atoms with Gasteiger partial charge in [0.25, 0.3) is 0 Å². The van der Waals surface area contributed by atoms with Crippen molar-refractivity contribution in [2.24, 2.45) is 5.92 Å². The molecule has 0 aliphatic heterocycles. The van der Waals surface area contributed by atoms with E-state index in [1.54, 1.807) is 0 Å². The van der Waals surface area contributed by atoms with E-state index in [0.29, 0.717) is 17.8 Å². The van der Waals surface area contributed by atoms with Gasteiger partial charge in [0.15, 0.2) is 0 Å². The third-order valence-electron chi connectivity index (χ3n) is 3.14. The van der Waals surface area contributed by atoms with Crippen LogP contribution in [0.3, 0.4) is 0 Å². The van der Waals surface area contributed by atoms with E-state index in [2.05, 4.69) is 17.2 Å². The lowest BCUT2D eigenvalue weighted by Gasteiger charge is -2.13. The molecule has 5 heteroatoms. The normalized spacial score (nSPS) is 24.9. The van der Waals surface area contributed by atoms with Crippen molar-refractivity contribution in [3.63, 3.8) is 0 Å². The molecule has 1 fully saturated rings. The number of anilines is 1. The highest BCUT2D eigenvalue weighted by molar-refractivity contribution is 5.37. The van der Waals surface area contributed by atoms with E-state index >= 15 is 0 Å². The predicted molar refractivity (Wildman–Crippen MR) is 59.7 cm³/mol. The Morgan fingerprint density at radius 1 is 1.29 bits per heavy atom. The second kappa shape index (κ2) is 4.55. The van der Waals surface area contributed by atoms with E-state index in [1.807, 2.05) is 0 Å². The zero-order chi connectivity index (χ0) is 12.5. The zero-order valence-corrected chi connectivity index (χ0v) is 9.59. The number of hydrogen-bond acceptors (Lipinski definition) is 2. The van der Waals surface area contributed by atoms with Gasteiger partial charge in [-0.15, -0.1) is 0 Å². The van der Waals surface area contributed by atoms with Crippen molar-refractivity contribution in [3.05, 3.63) is 23.9 Å². The number of rotatable bonds is 2. The van der Waals surface area contributed by atoms with E-state index in [9.17, 15) is 13.2 Å². The highest BCUT2D eigenvalue weighted by atomic mass is 19.4. The van der Waals surface area contributed by atoms with Crippen molar-refractivity contribution in [2.45, 2.75) is 38.4 Å². The summed E-state index contributed by atoms with van der Waals surface area (Å²) in [5.41, 5.74) is -0.706. The van der Waals surface area contributed by atoms with Crippen LogP contribution in [-0.4, -0.2) is 11.0 Å². The molecular formula is C12H15F3N2. The largest absolute Gasteiger partial charge is 0.417 e. The van der Waals surface area contributed by atoms with E-state index in [-0.39, 0.29) is 0 Å². The number of halogens is 3. The van der Waals surface area contributed by atoms with Gasteiger partial charge >= 0.3 is 6.18 Å². The average Bonchev–Trinajstić information content (AvgIpc) is 2.63. The summed E-state index contributed by atoms with van der Waals surface area (Å²) in [5.74, 6) is 1.21. The molecule has 0 spiro atoms. The molecule has 2 rings (SSSR count). The SMILES string of the molecule is CC1CCC(Nc2ccc(C(F)(F)F)cn2)C1. The molecule has 1 heterocycles. The number of pyridine rings is 1. The van der Waals surface area contributed by atoms with E-state index in [0.717, 1.165) is 31.5 Å². The first-order chi connectivity index (χ1) is 7.95. The van der Waals surface area contributed by atoms with Crippen molar-refractivity contribution in [3.8, 4) is 0 Å². The van der Waals surface area contributed by atoms with Gasteiger partial charge in [-0.3, -0.25) is 0 Å². The Morgan fingerprint density at radius 3 is 2.53 bits per heavy atom. The van der Waals surface area contributed by atoms with E-state index in [4.69, 9.17) is 0 Å². The standard InChI is InChI=1S/C12H15F3N2/c1-8-2-4-10(6-8)17-11-5-3-9(7-16-11)12(13,14)15/h3,5,7-8,10H,2,4,6H2,1H3,(H,16,17). The van der Waals surface area contributed by atoms with Gasteiger partial charge in [0.05, 0.1) is 5.56 Å². The molecule has 2 atom stereocenters. The molecule has 1 aliphatic rings. The highest BCUT2D eigenvalue weighted by Crippen LogP contribution is 2.30. The molecule has 0 bridgehead atoms. The number of alkyl halides is 3. The second-order valence-corrected chi connectivity index (χ2v) is 4.69. The molecule has 17 heavy (non-hydrogen) atoms. The van der Waals surface area contributed by atoms with Gasteiger partial charge in [-0.05, 0) is 37.3 Å². The predicted octanol–water partition coefficient (Wildman–Crippen LogP) is 3.70. The van der Waals surface area contributed by atoms with Crippen molar-refractivity contribution >= 4 is 5.82 Å². The molecule has 0 aromatic carbocycles. The zero-order valence-electron chi connectivity index (χ0n) is 9.59. The first-order valence-corrected chi connectivity index (χ1v) is 5.75. The van der Waals surface area contributed by atoms with Gasteiger partial charge in [0.1, 0.15) is 5.82 Å². The van der Waals surface area contributed by atoms with Crippen molar-refractivity contribution in [1.82, 2.24) is 4.98 Å². The Morgan fingerprint density at radius 2 is 2.06 bits per heavy atom. The van der Waals surface area contributed by atoms with Crippen LogP contribution in [0.25, 0.3) is 0 Å². The minimum absolute atomic E-state index is 0.342. The van der Waals surface area contributed by atoms with Gasteiger partial charge in [0, 0.05) is 12.2 Å². The van der Waals surface area contributed by atoms with Crippen LogP contribution in [0.2, 0.25) is 0 Å². The van der Waals surface area contributed by atoms with Gasteiger partial charge in [-0.25, -0.2) is 4.98 Å². The van der Waals surface area contributed by atoms with Crippen molar-refractivity contribution in [2.75, 3.05) is 5.32 Å². The first kappa shape index (κ1) is 12.2. The lowest BCUT2D eigenvalue weighted by Crippen LogP contribution is -2.16. The maximum absolute atomic E-state index is 12.3. The topological polar surface area (TPSA) is 24.9 Å². The summed E-state index contributed by atoms with van der Waals surface area (Å²) >= 11 is 0. The molecule has 0 amide bonds. The Hall–Kier alpha value is -1.26. The van der Waals surface area contributed by atoms with Crippen LogP contribution in [0.4, 0.5) is 19.0 Å². The summed E-state index contributed by atoms with van der Waals surface area (Å²) in [7, 11) is 0. The molecular weight excluding hydrogens is 229 g/mol. The van der Waals surface area contributed by atoms with Crippen LogP contribution in [-0.2, 0) is 6.18 Å². The minimum Gasteiger partial charge on any atom is -0.367 e. The van der Waals surface area contributed by atoms with Gasteiger partial charge < -0.3 is 5.32 Å². The minimum atomic E-state index is -4.31. The van der Waals surface area contributed by atoms with Crippen molar-refractivity contribution in [1.29, 1.82) is 0 Å².